The van der Waals surface area contributed by atoms with E-state index in [4.69, 9.17) is 0 Å². The summed E-state index contributed by atoms with van der Waals surface area (Å²) in [4.78, 5) is 26.3. The predicted octanol–water partition coefficient (Wildman–Crippen LogP) is 2.90. The zero-order chi connectivity index (χ0) is 13.3. The number of carbonyl (C=O) groups is 2. The Hall–Kier alpha value is -1.55. The number of Topliss-reactive ketones (excluding diaryl/α,β-unsaturated/α-hetero) is 1. The number of ketones is 1. The molecule has 0 spiro atoms. The van der Waals surface area contributed by atoms with Crippen LogP contribution in [0.3, 0.4) is 0 Å². The van der Waals surface area contributed by atoms with Crippen molar-refractivity contribution >= 4 is 29.1 Å². The Bertz CT molecular complexity index is 525. The van der Waals surface area contributed by atoms with Gasteiger partial charge in [-0.25, -0.2) is 0 Å². The molecule has 1 heterocycles. The molecule has 18 heavy (non-hydrogen) atoms. The van der Waals surface area contributed by atoms with Crippen LogP contribution >= 0.6 is 11.8 Å². The highest BCUT2D eigenvalue weighted by Crippen LogP contribution is 2.39. The molecule has 0 aliphatic carbocycles. The van der Waals surface area contributed by atoms with Gasteiger partial charge in [0.05, 0.1) is 10.9 Å². The maximum Gasteiger partial charge on any atom is 0.240 e. The van der Waals surface area contributed by atoms with E-state index in [0.29, 0.717) is 12.1 Å². The van der Waals surface area contributed by atoms with Gasteiger partial charge in [-0.1, -0.05) is 12.1 Å². The molecule has 1 amide bonds. The van der Waals surface area contributed by atoms with Gasteiger partial charge in [-0.2, -0.15) is 0 Å². The Morgan fingerprint density at radius 2 is 2.28 bits per heavy atom. The molecule has 4 heteroatoms. The molecule has 0 saturated carbocycles. The smallest absolute Gasteiger partial charge is 0.240 e. The first-order valence-electron chi connectivity index (χ1n) is 5.78. The van der Waals surface area contributed by atoms with Crippen molar-refractivity contribution < 1.29 is 9.59 Å². The van der Waals surface area contributed by atoms with Crippen LogP contribution in [0, 0.1) is 0 Å². The summed E-state index contributed by atoms with van der Waals surface area (Å²) in [6.45, 7) is 7.57. The molecular formula is C14H15NO2S. The minimum absolute atomic E-state index is 0.00687. The zero-order valence-electron chi connectivity index (χ0n) is 10.5. The monoisotopic (exact) mass is 261 g/mol. The SMILES string of the molecule is C=CCN1C(=O)C(C)Sc2ccc(C(C)=O)cc21. The molecule has 3 nitrogen and oxygen atoms in total. The fraction of sp³-hybridized carbons (Fsp3) is 0.286. The maximum atomic E-state index is 12.1. The van der Waals surface area contributed by atoms with Crippen LogP contribution in [-0.2, 0) is 4.79 Å². The second-order valence-corrected chi connectivity index (χ2v) is 5.62. The molecule has 1 aliphatic rings. The fourth-order valence-corrected chi connectivity index (χ4v) is 2.99. The highest BCUT2D eigenvalue weighted by molar-refractivity contribution is 8.00. The van der Waals surface area contributed by atoms with E-state index in [1.165, 1.54) is 18.7 Å². The summed E-state index contributed by atoms with van der Waals surface area (Å²) in [7, 11) is 0. The normalized spacial score (nSPS) is 18.4. The number of fused-ring (bicyclic) bond motifs is 1. The van der Waals surface area contributed by atoms with Crippen molar-refractivity contribution in [3.8, 4) is 0 Å². The standard InChI is InChI=1S/C14H15NO2S/c1-4-7-15-12-8-11(9(2)16)5-6-13(12)18-10(3)14(15)17/h4-6,8,10H,1,7H2,2-3H3. The summed E-state index contributed by atoms with van der Waals surface area (Å²) >= 11 is 1.53. The Morgan fingerprint density at radius 3 is 2.89 bits per heavy atom. The van der Waals surface area contributed by atoms with Gasteiger partial charge in [0, 0.05) is 17.0 Å². The molecule has 0 saturated heterocycles. The van der Waals surface area contributed by atoms with Gasteiger partial charge in [0.25, 0.3) is 0 Å². The number of rotatable bonds is 3. The number of hydrogen-bond acceptors (Lipinski definition) is 3. The number of carbonyl (C=O) groups excluding carboxylic acids is 2. The van der Waals surface area contributed by atoms with Crippen LogP contribution in [0.4, 0.5) is 5.69 Å². The topological polar surface area (TPSA) is 37.4 Å². The molecular weight excluding hydrogens is 246 g/mol. The lowest BCUT2D eigenvalue weighted by Crippen LogP contribution is -2.39. The van der Waals surface area contributed by atoms with E-state index in [1.54, 1.807) is 17.0 Å². The molecule has 0 fully saturated rings. The van der Waals surface area contributed by atoms with E-state index in [-0.39, 0.29) is 16.9 Å². The van der Waals surface area contributed by atoms with E-state index in [2.05, 4.69) is 6.58 Å². The summed E-state index contributed by atoms with van der Waals surface area (Å²) in [5.74, 6) is 0.0699. The van der Waals surface area contributed by atoms with Crippen molar-refractivity contribution in [2.24, 2.45) is 0 Å². The second kappa shape index (κ2) is 4.98. The molecule has 0 bridgehead atoms. The molecule has 0 aromatic heterocycles. The molecule has 2 rings (SSSR count). The zero-order valence-corrected chi connectivity index (χ0v) is 11.3. The molecule has 94 valence electrons. The molecule has 1 aromatic carbocycles. The summed E-state index contributed by atoms with van der Waals surface area (Å²) in [5, 5.41) is -0.0966. The first kappa shape index (κ1) is 12.9. The largest absolute Gasteiger partial charge is 0.307 e. The second-order valence-electron chi connectivity index (χ2n) is 4.24. The Labute approximate surface area is 111 Å². The van der Waals surface area contributed by atoms with Crippen LogP contribution in [0.5, 0.6) is 0 Å². The van der Waals surface area contributed by atoms with Crippen molar-refractivity contribution in [1.29, 1.82) is 0 Å². The minimum Gasteiger partial charge on any atom is -0.307 e. The van der Waals surface area contributed by atoms with Gasteiger partial charge in [0.1, 0.15) is 0 Å². The predicted molar refractivity (Wildman–Crippen MR) is 74.3 cm³/mol. The van der Waals surface area contributed by atoms with Crippen molar-refractivity contribution in [3.63, 3.8) is 0 Å². The van der Waals surface area contributed by atoms with Gasteiger partial charge in [-0.15, -0.1) is 18.3 Å². The average molecular weight is 261 g/mol. The highest BCUT2D eigenvalue weighted by Gasteiger charge is 2.30. The number of thioether (sulfide) groups is 1. The summed E-state index contributed by atoms with van der Waals surface area (Å²) in [5.41, 5.74) is 1.45. The first-order valence-corrected chi connectivity index (χ1v) is 6.66. The van der Waals surface area contributed by atoms with E-state index in [0.717, 1.165) is 10.6 Å². The number of nitrogens with zero attached hydrogens (tertiary/aromatic N) is 1. The van der Waals surface area contributed by atoms with E-state index in [9.17, 15) is 9.59 Å². The fourth-order valence-electron chi connectivity index (χ4n) is 1.94. The number of hydrogen-bond donors (Lipinski definition) is 0. The van der Waals surface area contributed by atoms with E-state index < -0.39 is 0 Å². The van der Waals surface area contributed by atoms with E-state index >= 15 is 0 Å². The van der Waals surface area contributed by atoms with Crippen molar-refractivity contribution in [1.82, 2.24) is 0 Å². The lowest BCUT2D eigenvalue weighted by Gasteiger charge is -2.31. The average Bonchev–Trinajstić information content (AvgIpc) is 2.34. The van der Waals surface area contributed by atoms with Gasteiger partial charge in [0.2, 0.25) is 5.91 Å². The third-order valence-corrected chi connectivity index (χ3v) is 4.04. The molecule has 0 N–H and O–H groups in total. The summed E-state index contributed by atoms with van der Waals surface area (Å²) in [6.07, 6.45) is 1.70. The van der Waals surface area contributed by atoms with Crippen molar-refractivity contribution in [2.75, 3.05) is 11.4 Å². The van der Waals surface area contributed by atoms with Crippen LogP contribution < -0.4 is 4.90 Å². The molecule has 1 aromatic rings. The van der Waals surface area contributed by atoms with Crippen LogP contribution in [0.2, 0.25) is 0 Å². The van der Waals surface area contributed by atoms with Gasteiger partial charge in [-0.05, 0) is 26.0 Å². The molecule has 0 radical (unpaired) electrons. The summed E-state index contributed by atoms with van der Waals surface area (Å²) in [6, 6.07) is 5.51. The number of anilines is 1. The Kier molecular flexibility index (Phi) is 3.57. The molecule has 1 atom stereocenters. The quantitative estimate of drug-likeness (QED) is 0.620. The van der Waals surface area contributed by atoms with Gasteiger partial charge in [-0.3, -0.25) is 9.59 Å². The van der Waals surface area contributed by atoms with Gasteiger partial charge >= 0.3 is 0 Å². The Morgan fingerprint density at radius 1 is 1.56 bits per heavy atom. The highest BCUT2D eigenvalue weighted by atomic mass is 32.2. The van der Waals surface area contributed by atoms with E-state index in [1.807, 2.05) is 19.1 Å². The van der Waals surface area contributed by atoms with Gasteiger partial charge < -0.3 is 4.90 Å². The van der Waals surface area contributed by atoms with Crippen LogP contribution in [0.15, 0.2) is 35.7 Å². The third-order valence-electron chi connectivity index (χ3n) is 2.89. The van der Waals surface area contributed by atoms with Crippen LogP contribution in [0.25, 0.3) is 0 Å². The van der Waals surface area contributed by atoms with Crippen LogP contribution in [0.1, 0.15) is 24.2 Å². The lowest BCUT2D eigenvalue weighted by molar-refractivity contribution is -0.117. The number of amides is 1. The van der Waals surface area contributed by atoms with Crippen LogP contribution in [-0.4, -0.2) is 23.5 Å². The molecule has 1 unspecified atom stereocenters. The maximum absolute atomic E-state index is 12.1. The molecule has 1 aliphatic heterocycles. The number of benzene rings is 1. The van der Waals surface area contributed by atoms with Gasteiger partial charge in [0.15, 0.2) is 5.78 Å². The Balaban J connectivity index is 2.51. The van der Waals surface area contributed by atoms with Crippen molar-refractivity contribution in [3.05, 3.63) is 36.4 Å². The summed E-state index contributed by atoms with van der Waals surface area (Å²) < 4.78 is 0. The minimum atomic E-state index is -0.0966. The lowest BCUT2D eigenvalue weighted by atomic mass is 10.1. The third kappa shape index (κ3) is 2.20. The first-order chi connectivity index (χ1) is 8.54. The van der Waals surface area contributed by atoms with Crippen molar-refractivity contribution in [2.45, 2.75) is 24.0 Å².